The normalized spacial score (nSPS) is 14.2. The summed E-state index contributed by atoms with van der Waals surface area (Å²) in [5, 5.41) is 13.8. The molecule has 7 heteroatoms. The third kappa shape index (κ3) is 4.03. The number of thioether (sulfide) groups is 1. The zero-order chi connectivity index (χ0) is 18.8. The molecule has 4 rings (SSSR count). The Morgan fingerprint density at radius 1 is 1.33 bits per heavy atom. The number of fused-ring (bicyclic) bond motifs is 1. The molecule has 1 aliphatic rings. The van der Waals surface area contributed by atoms with E-state index in [4.69, 9.17) is 0 Å². The van der Waals surface area contributed by atoms with Crippen LogP contribution in [0.25, 0.3) is 10.9 Å². The van der Waals surface area contributed by atoms with Gasteiger partial charge in [0.25, 0.3) is 0 Å². The first-order valence-corrected chi connectivity index (χ1v) is 10.5. The monoisotopic (exact) mass is 383 g/mol. The van der Waals surface area contributed by atoms with Crippen molar-refractivity contribution < 1.29 is 4.79 Å². The molecule has 2 aromatic heterocycles. The Kier molecular flexibility index (Phi) is 5.20. The van der Waals surface area contributed by atoms with Crippen molar-refractivity contribution >= 4 is 28.6 Å². The van der Waals surface area contributed by atoms with E-state index < -0.39 is 0 Å². The lowest BCUT2D eigenvalue weighted by molar-refractivity contribution is -0.118. The molecule has 0 spiro atoms. The van der Waals surface area contributed by atoms with E-state index in [1.54, 1.807) is 0 Å². The summed E-state index contributed by atoms with van der Waals surface area (Å²) >= 11 is 1.48. The number of carbonyl (C=O) groups excluding carboxylic acids is 1. The van der Waals surface area contributed by atoms with Crippen LogP contribution in [-0.4, -0.2) is 38.0 Å². The average Bonchev–Trinajstić information content (AvgIpc) is 3.28. The smallest absolute Gasteiger partial charge is 0.230 e. The Bertz CT molecular complexity index is 941. The van der Waals surface area contributed by atoms with Gasteiger partial charge in [-0.2, -0.15) is 0 Å². The topological polar surface area (TPSA) is 75.6 Å². The molecule has 2 heterocycles. The number of para-hydroxylation sites is 1. The summed E-state index contributed by atoms with van der Waals surface area (Å²) in [6, 6.07) is 8.75. The van der Waals surface area contributed by atoms with Gasteiger partial charge in [0.1, 0.15) is 5.82 Å². The third-order valence-corrected chi connectivity index (χ3v) is 5.79. The predicted octanol–water partition coefficient (Wildman–Crippen LogP) is 3.67. The zero-order valence-electron chi connectivity index (χ0n) is 15.7. The van der Waals surface area contributed by atoms with Crippen molar-refractivity contribution in [2.45, 2.75) is 50.2 Å². The van der Waals surface area contributed by atoms with Crippen molar-refractivity contribution in [1.29, 1.82) is 0 Å². The van der Waals surface area contributed by atoms with Crippen LogP contribution in [0.15, 0.2) is 35.6 Å². The van der Waals surface area contributed by atoms with Crippen molar-refractivity contribution in [3.63, 3.8) is 0 Å². The fraction of sp³-hybridized carbons (Fsp3) is 0.450. The van der Waals surface area contributed by atoms with Gasteiger partial charge in [0.05, 0.1) is 5.75 Å². The molecule has 3 aromatic rings. The molecule has 0 atom stereocenters. The molecule has 0 bridgehead atoms. The molecule has 142 valence electrons. The second kappa shape index (κ2) is 7.76. The summed E-state index contributed by atoms with van der Waals surface area (Å²) in [5.74, 6) is 1.78. The number of aromatic amines is 1. The van der Waals surface area contributed by atoms with Crippen LogP contribution in [0.3, 0.4) is 0 Å². The Morgan fingerprint density at radius 2 is 2.15 bits per heavy atom. The zero-order valence-corrected chi connectivity index (χ0v) is 16.6. The highest BCUT2D eigenvalue weighted by atomic mass is 32.2. The fourth-order valence-electron chi connectivity index (χ4n) is 3.31. The lowest BCUT2D eigenvalue weighted by Crippen LogP contribution is -2.27. The molecule has 0 unspecified atom stereocenters. The molecule has 1 amide bonds. The number of rotatable bonds is 8. The summed E-state index contributed by atoms with van der Waals surface area (Å²) in [7, 11) is 0. The van der Waals surface area contributed by atoms with Crippen LogP contribution < -0.4 is 5.32 Å². The van der Waals surface area contributed by atoms with Crippen molar-refractivity contribution in [2.75, 3.05) is 12.3 Å². The van der Waals surface area contributed by atoms with E-state index in [2.05, 4.69) is 51.0 Å². The van der Waals surface area contributed by atoms with Crippen LogP contribution in [0.2, 0.25) is 0 Å². The molecule has 1 saturated carbocycles. The number of carbonyl (C=O) groups is 1. The lowest BCUT2D eigenvalue weighted by Gasteiger charge is -2.10. The number of benzene rings is 1. The summed E-state index contributed by atoms with van der Waals surface area (Å²) in [4.78, 5) is 15.5. The van der Waals surface area contributed by atoms with E-state index in [0.717, 1.165) is 22.9 Å². The molecular weight excluding hydrogens is 358 g/mol. The van der Waals surface area contributed by atoms with Crippen LogP contribution >= 0.6 is 11.8 Å². The molecule has 0 radical (unpaired) electrons. The Balaban J connectivity index is 1.29. The highest BCUT2D eigenvalue weighted by molar-refractivity contribution is 7.99. The van der Waals surface area contributed by atoms with Crippen molar-refractivity contribution in [3.8, 4) is 0 Å². The average molecular weight is 384 g/mol. The lowest BCUT2D eigenvalue weighted by atomic mass is 10.1. The summed E-state index contributed by atoms with van der Waals surface area (Å²) < 4.78 is 2.23. The minimum absolute atomic E-state index is 0.0382. The van der Waals surface area contributed by atoms with Crippen LogP contribution in [0, 0.1) is 0 Å². The quantitative estimate of drug-likeness (QED) is 0.582. The second-order valence-corrected chi connectivity index (χ2v) is 8.29. The molecule has 2 N–H and O–H groups in total. The van der Waals surface area contributed by atoms with E-state index >= 15 is 0 Å². The minimum atomic E-state index is 0.0382. The second-order valence-electron chi connectivity index (χ2n) is 7.34. The number of amides is 1. The van der Waals surface area contributed by atoms with E-state index in [1.165, 1.54) is 35.6 Å². The van der Waals surface area contributed by atoms with Gasteiger partial charge in [-0.05, 0) is 30.9 Å². The van der Waals surface area contributed by atoms with E-state index in [-0.39, 0.29) is 5.91 Å². The van der Waals surface area contributed by atoms with Crippen molar-refractivity contribution in [2.24, 2.45) is 0 Å². The van der Waals surface area contributed by atoms with Gasteiger partial charge in [0, 0.05) is 35.6 Å². The van der Waals surface area contributed by atoms with Gasteiger partial charge in [-0.1, -0.05) is 43.8 Å². The largest absolute Gasteiger partial charge is 0.361 e. The minimum Gasteiger partial charge on any atom is -0.361 e. The molecular formula is C20H25N5OS. The van der Waals surface area contributed by atoms with Gasteiger partial charge >= 0.3 is 0 Å². The maximum atomic E-state index is 12.2. The molecule has 1 fully saturated rings. The fourth-order valence-corrected chi connectivity index (χ4v) is 4.16. The molecule has 1 aromatic carbocycles. The van der Waals surface area contributed by atoms with Crippen LogP contribution in [0.1, 0.15) is 50.0 Å². The first-order chi connectivity index (χ1) is 13.1. The number of nitrogens with one attached hydrogen (secondary N) is 2. The third-order valence-electron chi connectivity index (χ3n) is 4.84. The Morgan fingerprint density at radius 3 is 2.93 bits per heavy atom. The predicted molar refractivity (Wildman–Crippen MR) is 108 cm³/mol. The highest BCUT2D eigenvalue weighted by Crippen LogP contribution is 2.40. The highest BCUT2D eigenvalue weighted by Gasteiger charge is 2.30. The van der Waals surface area contributed by atoms with Crippen LogP contribution in [-0.2, 0) is 11.2 Å². The van der Waals surface area contributed by atoms with Gasteiger partial charge in [0.15, 0.2) is 5.16 Å². The summed E-state index contributed by atoms with van der Waals surface area (Å²) in [5.41, 5.74) is 2.36. The number of hydrogen-bond acceptors (Lipinski definition) is 4. The van der Waals surface area contributed by atoms with Crippen molar-refractivity contribution in [3.05, 3.63) is 41.9 Å². The number of H-pyrrole nitrogens is 1. The van der Waals surface area contributed by atoms with Gasteiger partial charge in [-0.25, -0.2) is 0 Å². The number of aromatic nitrogens is 4. The van der Waals surface area contributed by atoms with Gasteiger partial charge in [-0.15, -0.1) is 10.2 Å². The summed E-state index contributed by atoms with van der Waals surface area (Å²) in [6.45, 7) is 4.90. The molecule has 6 nitrogen and oxygen atoms in total. The van der Waals surface area contributed by atoms with Gasteiger partial charge in [0.2, 0.25) is 5.91 Å². The molecule has 0 saturated heterocycles. The van der Waals surface area contributed by atoms with E-state index in [1.807, 2.05) is 18.3 Å². The number of nitrogens with zero attached hydrogens (tertiary/aromatic N) is 3. The van der Waals surface area contributed by atoms with Gasteiger partial charge < -0.3 is 14.9 Å². The van der Waals surface area contributed by atoms with Crippen LogP contribution in [0.5, 0.6) is 0 Å². The Labute approximate surface area is 163 Å². The summed E-state index contributed by atoms with van der Waals surface area (Å²) in [6.07, 6.45) is 5.21. The van der Waals surface area contributed by atoms with Crippen LogP contribution in [0.4, 0.5) is 0 Å². The number of hydrogen-bond donors (Lipinski definition) is 2. The maximum absolute atomic E-state index is 12.2. The molecule has 27 heavy (non-hydrogen) atoms. The van der Waals surface area contributed by atoms with E-state index in [9.17, 15) is 4.79 Å². The first-order valence-electron chi connectivity index (χ1n) is 9.52. The SMILES string of the molecule is CC(C)c1nnc(SCC(=O)NCCc2c[nH]c3ccccc23)n1C1CC1. The molecule has 0 aliphatic heterocycles. The standard InChI is InChI=1S/C20H25N5OS/c1-13(2)19-23-24-20(25(19)15-7-8-15)27-12-18(26)21-10-9-14-11-22-17-6-4-3-5-16(14)17/h3-6,11,13,15,22H,7-10,12H2,1-2H3,(H,21,26). The van der Waals surface area contributed by atoms with Crippen molar-refractivity contribution in [1.82, 2.24) is 25.1 Å². The first kappa shape index (κ1) is 18.1. The maximum Gasteiger partial charge on any atom is 0.230 e. The van der Waals surface area contributed by atoms with E-state index in [0.29, 0.717) is 24.3 Å². The Hall–Kier alpha value is -2.28. The van der Waals surface area contributed by atoms with Gasteiger partial charge in [-0.3, -0.25) is 4.79 Å². The molecule has 1 aliphatic carbocycles.